The summed E-state index contributed by atoms with van der Waals surface area (Å²) in [6, 6.07) is 11.7. The van der Waals surface area contributed by atoms with E-state index in [1.165, 1.54) is 18.1 Å². The van der Waals surface area contributed by atoms with Gasteiger partial charge in [-0.1, -0.05) is 41.6 Å². The van der Waals surface area contributed by atoms with Gasteiger partial charge < -0.3 is 19.8 Å². The van der Waals surface area contributed by atoms with Crippen LogP contribution in [0, 0.1) is 6.92 Å². The second-order valence-electron chi connectivity index (χ2n) is 6.89. The van der Waals surface area contributed by atoms with Gasteiger partial charge in [0.05, 0.1) is 14.2 Å². The van der Waals surface area contributed by atoms with Crippen LogP contribution < -0.4 is 15.2 Å². The van der Waals surface area contributed by atoms with Crippen molar-refractivity contribution in [2.24, 2.45) is 0 Å². The second kappa shape index (κ2) is 9.03. The molecule has 2 heterocycles. The van der Waals surface area contributed by atoms with Crippen molar-refractivity contribution in [3.8, 4) is 11.5 Å². The summed E-state index contributed by atoms with van der Waals surface area (Å²) in [5.41, 5.74) is 9.47. The topological polar surface area (TPSA) is 88.1 Å². The molecule has 0 saturated heterocycles. The first-order valence-corrected chi connectivity index (χ1v) is 10.8. The summed E-state index contributed by atoms with van der Waals surface area (Å²) in [6.07, 6.45) is 2.19. The highest BCUT2D eigenvalue weighted by molar-refractivity contribution is 7.99. The largest absolute Gasteiger partial charge is 0.493 e. The number of hydrogen-bond donors (Lipinski definition) is 1. The molecular formula is C22H22ClN5O2S. The zero-order valence-electron chi connectivity index (χ0n) is 17.4. The van der Waals surface area contributed by atoms with E-state index >= 15 is 0 Å². The Bertz CT molecular complexity index is 1240. The molecule has 0 bridgehead atoms. The molecule has 0 amide bonds. The number of aryl methyl sites for hydroxylation is 3. The molecule has 0 aliphatic heterocycles. The lowest BCUT2D eigenvalue weighted by molar-refractivity contribution is 0.353. The quantitative estimate of drug-likeness (QED) is 0.429. The minimum Gasteiger partial charge on any atom is -0.493 e. The predicted octanol–water partition coefficient (Wildman–Crippen LogP) is 4.78. The number of methoxy groups -OCH3 is 2. The van der Waals surface area contributed by atoms with E-state index in [-0.39, 0.29) is 0 Å². The lowest BCUT2D eigenvalue weighted by Gasteiger charge is -2.13. The molecular weight excluding hydrogens is 434 g/mol. The third kappa shape index (κ3) is 4.26. The van der Waals surface area contributed by atoms with E-state index in [1.807, 2.05) is 43.3 Å². The number of nitrogen functional groups attached to an aromatic ring is 1. The SMILES string of the molecule is COc1cc(C)c(Sc2nc3c(N)ncnc3n2CCc2ccccc2Cl)cc1OC. The van der Waals surface area contributed by atoms with E-state index in [0.717, 1.165) is 32.6 Å². The molecule has 0 spiro atoms. The maximum atomic E-state index is 6.36. The van der Waals surface area contributed by atoms with Crippen molar-refractivity contribution in [2.75, 3.05) is 20.0 Å². The minimum absolute atomic E-state index is 0.354. The van der Waals surface area contributed by atoms with Crippen molar-refractivity contribution in [3.63, 3.8) is 0 Å². The minimum atomic E-state index is 0.354. The summed E-state index contributed by atoms with van der Waals surface area (Å²) in [7, 11) is 3.25. The van der Waals surface area contributed by atoms with Crippen LogP contribution in [0.5, 0.6) is 11.5 Å². The van der Waals surface area contributed by atoms with Gasteiger partial charge in [0.1, 0.15) is 6.33 Å². The maximum Gasteiger partial charge on any atom is 0.175 e. The van der Waals surface area contributed by atoms with Crippen LogP contribution in [-0.4, -0.2) is 33.7 Å². The molecule has 2 N–H and O–H groups in total. The van der Waals surface area contributed by atoms with E-state index < -0.39 is 0 Å². The molecule has 0 saturated carbocycles. The first-order valence-electron chi connectivity index (χ1n) is 9.62. The molecule has 0 atom stereocenters. The molecule has 2 aromatic heterocycles. The third-order valence-corrected chi connectivity index (χ3v) is 6.49. The average molecular weight is 456 g/mol. The van der Waals surface area contributed by atoms with Crippen molar-refractivity contribution in [3.05, 3.63) is 58.9 Å². The Hall–Kier alpha value is -2.97. The Morgan fingerprint density at radius 2 is 1.84 bits per heavy atom. The monoisotopic (exact) mass is 455 g/mol. The number of benzene rings is 2. The molecule has 0 aliphatic rings. The van der Waals surface area contributed by atoms with Crippen LogP contribution in [0.2, 0.25) is 5.02 Å². The molecule has 160 valence electrons. The van der Waals surface area contributed by atoms with Crippen LogP contribution in [0.15, 0.2) is 52.8 Å². The Morgan fingerprint density at radius 1 is 1.10 bits per heavy atom. The number of hydrogen-bond acceptors (Lipinski definition) is 7. The fourth-order valence-electron chi connectivity index (χ4n) is 3.32. The van der Waals surface area contributed by atoms with Crippen molar-refractivity contribution in [1.82, 2.24) is 19.5 Å². The van der Waals surface area contributed by atoms with Crippen molar-refractivity contribution < 1.29 is 9.47 Å². The number of rotatable bonds is 7. The number of nitrogens with two attached hydrogens (primary N) is 1. The van der Waals surface area contributed by atoms with Crippen LogP contribution in [0.3, 0.4) is 0 Å². The summed E-state index contributed by atoms with van der Waals surface area (Å²) in [4.78, 5) is 14.3. The summed E-state index contributed by atoms with van der Waals surface area (Å²) < 4.78 is 12.9. The van der Waals surface area contributed by atoms with Crippen LogP contribution in [-0.2, 0) is 13.0 Å². The van der Waals surface area contributed by atoms with Gasteiger partial charge in [-0.15, -0.1) is 0 Å². The standard InChI is InChI=1S/C22H22ClN5O2S/c1-13-10-16(29-2)17(30-3)11-18(13)31-22-27-19-20(24)25-12-26-21(19)28(22)9-8-14-6-4-5-7-15(14)23/h4-7,10-12H,8-9H2,1-3H3,(H2,24,25,26). The number of imidazole rings is 1. The van der Waals surface area contributed by atoms with Crippen LogP contribution >= 0.6 is 23.4 Å². The maximum absolute atomic E-state index is 6.36. The highest BCUT2D eigenvalue weighted by Crippen LogP contribution is 2.39. The van der Waals surface area contributed by atoms with E-state index in [9.17, 15) is 0 Å². The van der Waals surface area contributed by atoms with Gasteiger partial charge in [-0.25, -0.2) is 15.0 Å². The van der Waals surface area contributed by atoms with Gasteiger partial charge in [0.2, 0.25) is 0 Å². The Balaban J connectivity index is 1.75. The molecule has 7 nitrogen and oxygen atoms in total. The average Bonchev–Trinajstić information content (AvgIpc) is 3.12. The van der Waals surface area contributed by atoms with Crippen molar-refractivity contribution in [2.45, 2.75) is 29.9 Å². The number of ether oxygens (including phenoxy) is 2. The van der Waals surface area contributed by atoms with Crippen LogP contribution in [0.1, 0.15) is 11.1 Å². The zero-order chi connectivity index (χ0) is 22.0. The summed E-state index contributed by atoms with van der Waals surface area (Å²) in [6.45, 7) is 2.67. The van der Waals surface area contributed by atoms with Gasteiger partial charge in [0.15, 0.2) is 33.6 Å². The number of nitrogens with zero attached hydrogens (tertiary/aromatic N) is 4. The van der Waals surface area contributed by atoms with Gasteiger partial charge in [-0.2, -0.15) is 0 Å². The molecule has 4 aromatic rings. The first kappa shape index (κ1) is 21.3. The Morgan fingerprint density at radius 3 is 2.58 bits per heavy atom. The van der Waals surface area contributed by atoms with Crippen LogP contribution in [0.4, 0.5) is 5.82 Å². The van der Waals surface area contributed by atoms with E-state index in [1.54, 1.807) is 14.2 Å². The number of halogens is 1. The van der Waals surface area contributed by atoms with E-state index in [4.69, 9.17) is 31.8 Å². The predicted molar refractivity (Wildman–Crippen MR) is 123 cm³/mol. The molecule has 31 heavy (non-hydrogen) atoms. The van der Waals surface area contributed by atoms with Gasteiger partial charge in [0, 0.05) is 16.5 Å². The number of anilines is 1. The van der Waals surface area contributed by atoms with Crippen LogP contribution in [0.25, 0.3) is 11.2 Å². The van der Waals surface area contributed by atoms with Gasteiger partial charge in [-0.05, 0) is 42.7 Å². The van der Waals surface area contributed by atoms with Gasteiger partial charge >= 0.3 is 0 Å². The molecule has 9 heteroatoms. The summed E-state index contributed by atoms with van der Waals surface area (Å²) in [5, 5.41) is 1.51. The molecule has 0 aliphatic carbocycles. The fraction of sp³-hybridized carbons (Fsp3) is 0.227. The Labute approximate surface area is 189 Å². The van der Waals surface area contributed by atoms with E-state index in [0.29, 0.717) is 35.0 Å². The van der Waals surface area contributed by atoms with Gasteiger partial charge in [0.25, 0.3) is 0 Å². The molecule has 0 unspecified atom stereocenters. The molecule has 0 fully saturated rings. The lowest BCUT2D eigenvalue weighted by Crippen LogP contribution is -2.05. The smallest absolute Gasteiger partial charge is 0.175 e. The highest BCUT2D eigenvalue weighted by atomic mass is 35.5. The third-order valence-electron chi connectivity index (χ3n) is 4.97. The number of fused-ring (bicyclic) bond motifs is 1. The molecule has 4 rings (SSSR count). The zero-order valence-corrected chi connectivity index (χ0v) is 19.0. The van der Waals surface area contributed by atoms with Crippen molar-refractivity contribution in [1.29, 1.82) is 0 Å². The van der Waals surface area contributed by atoms with E-state index in [2.05, 4.69) is 14.5 Å². The first-order chi connectivity index (χ1) is 15.0. The highest BCUT2D eigenvalue weighted by Gasteiger charge is 2.18. The number of aromatic nitrogens is 4. The second-order valence-corrected chi connectivity index (χ2v) is 8.31. The lowest BCUT2D eigenvalue weighted by atomic mass is 10.1. The molecule has 2 aromatic carbocycles. The molecule has 0 radical (unpaired) electrons. The summed E-state index contributed by atoms with van der Waals surface area (Å²) in [5.74, 6) is 1.70. The fourth-order valence-corrected chi connectivity index (χ4v) is 4.55. The van der Waals surface area contributed by atoms with Crippen molar-refractivity contribution >= 4 is 40.3 Å². The summed E-state index contributed by atoms with van der Waals surface area (Å²) >= 11 is 7.88. The Kier molecular flexibility index (Phi) is 6.20. The van der Waals surface area contributed by atoms with Gasteiger partial charge in [-0.3, -0.25) is 0 Å². The normalized spacial score (nSPS) is 11.1.